The zero-order valence-corrected chi connectivity index (χ0v) is 16.9. The van der Waals surface area contributed by atoms with Crippen molar-refractivity contribution < 1.29 is 4.79 Å². The number of carbonyl (C=O) groups is 1. The lowest BCUT2D eigenvalue weighted by atomic mass is 10.1. The Kier molecular flexibility index (Phi) is 12.8. The molecule has 1 aromatic carbocycles. The lowest BCUT2D eigenvalue weighted by Gasteiger charge is -2.07. The minimum atomic E-state index is 0.0190. The molecule has 1 N–H and O–H groups in total. The van der Waals surface area contributed by atoms with Gasteiger partial charge in [0.2, 0.25) is 0 Å². The van der Waals surface area contributed by atoms with E-state index >= 15 is 0 Å². The first-order chi connectivity index (χ1) is 11.8. The minimum absolute atomic E-state index is 0.0190. The van der Waals surface area contributed by atoms with Crippen LogP contribution in [-0.4, -0.2) is 12.5 Å². The first-order valence-electron chi connectivity index (χ1n) is 9.78. The summed E-state index contributed by atoms with van der Waals surface area (Å²) in [5.41, 5.74) is 0.719. The molecule has 24 heavy (non-hydrogen) atoms. The van der Waals surface area contributed by atoms with Gasteiger partial charge in [0.05, 0.1) is 5.56 Å². The van der Waals surface area contributed by atoms with Crippen LogP contribution in [0.1, 0.15) is 94.3 Å². The minimum Gasteiger partial charge on any atom is -0.352 e. The van der Waals surface area contributed by atoms with Crippen LogP contribution in [0, 0.1) is 0 Å². The predicted octanol–water partition coefficient (Wildman–Crippen LogP) is 6.88. The summed E-state index contributed by atoms with van der Waals surface area (Å²) in [6.45, 7) is 3.05. The topological polar surface area (TPSA) is 29.1 Å². The monoisotopic (exact) mass is 395 g/mol. The number of hydrogen-bond donors (Lipinski definition) is 1. The Hall–Kier alpha value is -0.830. The number of nitrogens with one attached hydrogen (secondary N) is 1. The number of benzene rings is 1. The second-order valence-corrected chi connectivity index (χ2v) is 7.48. The SMILES string of the molecule is CCCCCCCCCCCCCCNC(=O)c1ccccc1Br. The van der Waals surface area contributed by atoms with Gasteiger partial charge in [-0.3, -0.25) is 4.79 Å². The Morgan fingerprint density at radius 2 is 1.33 bits per heavy atom. The molecule has 0 aliphatic carbocycles. The summed E-state index contributed by atoms with van der Waals surface area (Å²) in [5.74, 6) is 0.0190. The Balaban J connectivity index is 1.89. The molecule has 0 fully saturated rings. The zero-order chi connectivity index (χ0) is 17.5. The molecule has 1 amide bonds. The van der Waals surface area contributed by atoms with Crippen LogP contribution in [0.25, 0.3) is 0 Å². The highest BCUT2D eigenvalue weighted by molar-refractivity contribution is 9.10. The van der Waals surface area contributed by atoms with Gasteiger partial charge in [0, 0.05) is 11.0 Å². The van der Waals surface area contributed by atoms with Crippen molar-refractivity contribution in [3.63, 3.8) is 0 Å². The molecule has 0 aliphatic heterocycles. The molecule has 0 atom stereocenters. The molecule has 0 saturated heterocycles. The largest absolute Gasteiger partial charge is 0.352 e. The molecular weight excluding hydrogens is 362 g/mol. The Bertz CT molecular complexity index is 447. The van der Waals surface area contributed by atoms with Crippen LogP contribution in [0.15, 0.2) is 28.7 Å². The third kappa shape index (κ3) is 10.1. The molecule has 0 aliphatic rings. The predicted molar refractivity (Wildman–Crippen MR) is 108 cm³/mol. The molecule has 0 bridgehead atoms. The van der Waals surface area contributed by atoms with E-state index in [0.29, 0.717) is 0 Å². The van der Waals surface area contributed by atoms with Crippen LogP contribution in [0.2, 0.25) is 0 Å². The summed E-state index contributed by atoms with van der Waals surface area (Å²) >= 11 is 3.42. The smallest absolute Gasteiger partial charge is 0.252 e. The fraction of sp³-hybridized carbons (Fsp3) is 0.667. The van der Waals surface area contributed by atoms with Gasteiger partial charge >= 0.3 is 0 Å². The van der Waals surface area contributed by atoms with E-state index in [1.54, 1.807) is 0 Å². The van der Waals surface area contributed by atoms with Crippen LogP contribution >= 0.6 is 15.9 Å². The normalized spacial score (nSPS) is 10.8. The van der Waals surface area contributed by atoms with E-state index in [4.69, 9.17) is 0 Å². The van der Waals surface area contributed by atoms with Gasteiger partial charge in [-0.25, -0.2) is 0 Å². The number of halogens is 1. The van der Waals surface area contributed by atoms with Crippen LogP contribution in [0.4, 0.5) is 0 Å². The van der Waals surface area contributed by atoms with Crippen molar-refractivity contribution in [3.8, 4) is 0 Å². The average molecular weight is 396 g/mol. The summed E-state index contributed by atoms with van der Waals surface area (Å²) in [4.78, 5) is 12.0. The molecule has 0 radical (unpaired) electrons. The van der Waals surface area contributed by atoms with Crippen molar-refractivity contribution in [2.75, 3.05) is 6.54 Å². The van der Waals surface area contributed by atoms with Crippen LogP contribution < -0.4 is 5.32 Å². The summed E-state index contributed by atoms with van der Waals surface area (Å²) < 4.78 is 0.859. The van der Waals surface area contributed by atoms with Gasteiger partial charge < -0.3 is 5.32 Å². The van der Waals surface area contributed by atoms with Crippen LogP contribution in [0.5, 0.6) is 0 Å². The van der Waals surface area contributed by atoms with E-state index in [1.807, 2.05) is 24.3 Å². The second kappa shape index (κ2) is 14.5. The van der Waals surface area contributed by atoms with Gasteiger partial charge in [-0.1, -0.05) is 89.7 Å². The van der Waals surface area contributed by atoms with E-state index in [2.05, 4.69) is 28.2 Å². The number of hydrogen-bond acceptors (Lipinski definition) is 1. The molecule has 0 aromatic heterocycles. The van der Waals surface area contributed by atoms with Gasteiger partial charge in [-0.05, 0) is 34.5 Å². The molecule has 3 heteroatoms. The van der Waals surface area contributed by atoms with Crippen molar-refractivity contribution in [1.82, 2.24) is 5.32 Å². The van der Waals surface area contributed by atoms with Crippen molar-refractivity contribution >= 4 is 21.8 Å². The molecule has 0 spiro atoms. The molecule has 0 heterocycles. The molecule has 0 unspecified atom stereocenters. The fourth-order valence-electron chi connectivity index (χ4n) is 2.91. The van der Waals surface area contributed by atoms with Crippen molar-refractivity contribution in [1.29, 1.82) is 0 Å². The van der Waals surface area contributed by atoms with E-state index in [9.17, 15) is 4.79 Å². The molecular formula is C21H34BrNO. The highest BCUT2D eigenvalue weighted by atomic mass is 79.9. The van der Waals surface area contributed by atoms with Crippen LogP contribution in [-0.2, 0) is 0 Å². The first-order valence-corrected chi connectivity index (χ1v) is 10.6. The van der Waals surface area contributed by atoms with E-state index in [-0.39, 0.29) is 5.91 Å². The van der Waals surface area contributed by atoms with E-state index in [1.165, 1.54) is 70.6 Å². The fourth-order valence-corrected chi connectivity index (χ4v) is 3.37. The lowest BCUT2D eigenvalue weighted by Crippen LogP contribution is -2.24. The second-order valence-electron chi connectivity index (χ2n) is 6.62. The number of rotatable bonds is 14. The molecule has 1 aromatic rings. The Morgan fingerprint density at radius 1 is 0.833 bits per heavy atom. The summed E-state index contributed by atoms with van der Waals surface area (Å²) in [6, 6.07) is 7.57. The van der Waals surface area contributed by atoms with Crippen LogP contribution in [0.3, 0.4) is 0 Å². The number of unbranched alkanes of at least 4 members (excludes halogenated alkanes) is 11. The third-order valence-corrected chi connectivity index (χ3v) is 5.13. The summed E-state index contributed by atoms with van der Waals surface area (Å²) in [7, 11) is 0. The maximum atomic E-state index is 12.0. The number of carbonyl (C=O) groups excluding carboxylic acids is 1. The van der Waals surface area contributed by atoms with Crippen molar-refractivity contribution in [2.24, 2.45) is 0 Å². The van der Waals surface area contributed by atoms with Gasteiger partial charge in [0.25, 0.3) is 5.91 Å². The van der Waals surface area contributed by atoms with Gasteiger partial charge in [0.15, 0.2) is 0 Å². The van der Waals surface area contributed by atoms with Crippen molar-refractivity contribution in [2.45, 2.75) is 84.0 Å². The van der Waals surface area contributed by atoms with Crippen molar-refractivity contribution in [3.05, 3.63) is 34.3 Å². The Morgan fingerprint density at radius 3 is 1.88 bits per heavy atom. The molecule has 1 rings (SSSR count). The third-order valence-electron chi connectivity index (χ3n) is 4.43. The highest BCUT2D eigenvalue weighted by Crippen LogP contribution is 2.15. The zero-order valence-electron chi connectivity index (χ0n) is 15.3. The standard InChI is InChI=1S/C21H34BrNO/c1-2-3-4-5-6-7-8-9-10-11-12-15-18-23-21(24)19-16-13-14-17-20(19)22/h13-14,16-17H,2-12,15,18H2,1H3,(H,23,24). The van der Waals surface area contributed by atoms with E-state index < -0.39 is 0 Å². The quantitative estimate of drug-likeness (QED) is 0.341. The molecule has 2 nitrogen and oxygen atoms in total. The Labute approximate surface area is 156 Å². The van der Waals surface area contributed by atoms with Gasteiger partial charge in [0.1, 0.15) is 0 Å². The van der Waals surface area contributed by atoms with Gasteiger partial charge in [-0.2, -0.15) is 0 Å². The molecule has 136 valence electrons. The average Bonchev–Trinajstić information content (AvgIpc) is 2.59. The number of amides is 1. The van der Waals surface area contributed by atoms with E-state index in [0.717, 1.165) is 23.0 Å². The maximum absolute atomic E-state index is 12.0. The first kappa shape index (κ1) is 21.2. The van der Waals surface area contributed by atoms with Gasteiger partial charge in [-0.15, -0.1) is 0 Å². The lowest BCUT2D eigenvalue weighted by molar-refractivity contribution is 0.0952. The summed E-state index contributed by atoms with van der Waals surface area (Å²) in [6.07, 6.45) is 16.1. The highest BCUT2D eigenvalue weighted by Gasteiger charge is 2.07. The molecule has 0 saturated carbocycles. The summed E-state index contributed by atoms with van der Waals surface area (Å²) in [5, 5.41) is 3.01. The maximum Gasteiger partial charge on any atom is 0.252 e.